The Kier molecular flexibility index (Phi) is 5.71. The van der Waals surface area contributed by atoms with Gasteiger partial charge in [-0.2, -0.15) is 0 Å². The van der Waals surface area contributed by atoms with Crippen molar-refractivity contribution in [3.05, 3.63) is 35.8 Å². The number of aliphatic carboxylic acids is 1. The van der Waals surface area contributed by atoms with E-state index >= 15 is 0 Å². The molecule has 2 aromatic rings. The Hall–Kier alpha value is -2.37. The second-order valence-electron chi connectivity index (χ2n) is 4.03. The zero-order chi connectivity index (χ0) is 15.1. The molecule has 2 rings (SSSR count). The van der Waals surface area contributed by atoms with Gasteiger partial charge in [0, 0.05) is 25.0 Å². The van der Waals surface area contributed by atoms with Crippen LogP contribution in [0, 0.1) is 6.92 Å². The third kappa shape index (κ3) is 4.08. The van der Waals surface area contributed by atoms with Gasteiger partial charge in [-0.25, -0.2) is 9.78 Å². The Labute approximate surface area is 117 Å². The summed E-state index contributed by atoms with van der Waals surface area (Å²) in [5.41, 5.74) is 2.22. The normalized spacial score (nSPS) is 9.75. The van der Waals surface area contributed by atoms with Crippen LogP contribution in [0.2, 0.25) is 0 Å². The molecule has 0 saturated carbocycles. The predicted octanol–water partition coefficient (Wildman–Crippen LogP) is 2.30. The molecule has 0 spiro atoms. The first kappa shape index (κ1) is 15.7. The van der Waals surface area contributed by atoms with Crippen LogP contribution in [0.5, 0.6) is 0 Å². The van der Waals surface area contributed by atoms with E-state index in [0.717, 1.165) is 11.2 Å². The fraction of sp³-hybridized carbons (Fsp3) is 0.357. The number of carbonyl (C=O) groups is 2. The molecule has 0 unspecified atom stereocenters. The highest BCUT2D eigenvalue weighted by atomic mass is 16.5. The topological polar surface area (TPSA) is 80.9 Å². The fourth-order valence-corrected chi connectivity index (χ4v) is 1.50. The van der Waals surface area contributed by atoms with Gasteiger partial charge in [0.1, 0.15) is 5.65 Å². The second kappa shape index (κ2) is 7.28. The predicted molar refractivity (Wildman–Crippen MR) is 73.8 cm³/mol. The molecule has 0 atom stereocenters. The number of carboxylic acids is 1. The molecule has 6 nitrogen and oxygen atoms in total. The maximum atomic E-state index is 11.6. The first-order valence-corrected chi connectivity index (χ1v) is 6.31. The summed E-state index contributed by atoms with van der Waals surface area (Å²) in [5, 5.41) is 7.72. The van der Waals surface area contributed by atoms with Crippen molar-refractivity contribution in [1.82, 2.24) is 9.38 Å². The molecule has 2 heterocycles. The van der Waals surface area contributed by atoms with Crippen LogP contribution in [0.15, 0.2) is 24.7 Å². The quantitative estimate of drug-likeness (QED) is 0.871. The number of fused-ring (bicyclic) bond motifs is 1. The summed E-state index contributed by atoms with van der Waals surface area (Å²) < 4.78 is 6.83. The molecule has 0 saturated heterocycles. The van der Waals surface area contributed by atoms with Crippen LogP contribution >= 0.6 is 0 Å². The van der Waals surface area contributed by atoms with Gasteiger partial charge in [-0.3, -0.25) is 4.79 Å². The molecule has 0 fully saturated rings. The van der Waals surface area contributed by atoms with Crippen LogP contribution in [0.4, 0.5) is 0 Å². The third-order valence-electron chi connectivity index (χ3n) is 2.53. The van der Waals surface area contributed by atoms with Crippen molar-refractivity contribution in [2.45, 2.75) is 27.2 Å². The number of aryl methyl sites for hydroxylation is 1. The van der Waals surface area contributed by atoms with E-state index in [1.54, 1.807) is 26.1 Å². The second-order valence-corrected chi connectivity index (χ2v) is 4.03. The number of pyridine rings is 1. The van der Waals surface area contributed by atoms with Gasteiger partial charge >= 0.3 is 11.9 Å². The largest absolute Gasteiger partial charge is 0.481 e. The number of carbonyl (C=O) groups excluding carboxylic acids is 1. The lowest BCUT2D eigenvalue weighted by Crippen LogP contribution is -2.07. The summed E-state index contributed by atoms with van der Waals surface area (Å²) >= 11 is 0. The smallest absolute Gasteiger partial charge is 0.338 e. The molecule has 1 N–H and O–H groups in total. The van der Waals surface area contributed by atoms with Crippen LogP contribution < -0.4 is 0 Å². The average Bonchev–Trinajstić information content (AvgIpc) is 2.85. The van der Waals surface area contributed by atoms with Gasteiger partial charge in [0.15, 0.2) is 0 Å². The number of aromatic nitrogens is 2. The van der Waals surface area contributed by atoms with Crippen molar-refractivity contribution in [2.75, 3.05) is 6.61 Å². The summed E-state index contributed by atoms with van der Waals surface area (Å²) in [6.07, 6.45) is 5.63. The van der Waals surface area contributed by atoms with E-state index in [9.17, 15) is 9.59 Å². The van der Waals surface area contributed by atoms with Gasteiger partial charge in [0.25, 0.3) is 0 Å². The van der Waals surface area contributed by atoms with Crippen LogP contribution in [-0.2, 0) is 9.53 Å². The number of carboxylic acid groups (broad SMARTS) is 1. The Morgan fingerprint density at radius 3 is 2.60 bits per heavy atom. The minimum absolute atomic E-state index is 0.222. The Balaban J connectivity index is 0.000000347. The maximum absolute atomic E-state index is 11.6. The van der Waals surface area contributed by atoms with E-state index in [0.29, 0.717) is 12.2 Å². The van der Waals surface area contributed by atoms with Gasteiger partial charge in [-0.15, -0.1) is 0 Å². The van der Waals surface area contributed by atoms with Crippen LogP contribution in [0.1, 0.15) is 36.2 Å². The summed E-state index contributed by atoms with van der Waals surface area (Å²) in [7, 11) is 0. The van der Waals surface area contributed by atoms with E-state index in [1.807, 2.05) is 23.7 Å². The minimum Gasteiger partial charge on any atom is -0.481 e. The summed E-state index contributed by atoms with van der Waals surface area (Å²) in [6.45, 7) is 5.66. The highest BCUT2D eigenvalue weighted by Gasteiger charge is 2.11. The van der Waals surface area contributed by atoms with E-state index in [4.69, 9.17) is 9.84 Å². The highest BCUT2D eigenvalue weighted by Crippen LogP contribution is 2.12. The molecular formula is C14H18N2O4. The number of hydrogen-bond acceptors (Lipinski definition) is 4. The standard InChI is InChI=1S/C11H12N2O2.C3H6O2/c1-3-15-11(14)9-6-10-12-4-5-13(10)7-8(9)2;1-2-3(4)5/h4-7H,3H2,1-2H3;2H2,1H3,(H,4,5). The minimum atomic E-state index is -0.745. The van der Waals surface area contributed by atoms with E-state index in [2.05, 4.69) is 4.98 Å². The van der Waals surface area contributed by atoms with Gasteiger partial charge in [0.2, 0.25) is 0 Å². The van der Waals surface area contributed by atoms with Crippen LogP contribution in [0.25, 0.3) is 5.65 Å². The Morgan fingerprint density at radius 1 is 1.40 bits per heavy atom. The molecular weight excluding hydrogens is 260 g/mol. The molecule has 20 heavy (non-hydrogen) atoms. The number of rotatable bonds is 3. The van der Waals surface area contributed by atoms with Gasteiger partial charge < -0.3 is 14.2 Å². The van der Waals surface area contributed by atoms with Crippen molar-refractivity contribution < 1.29 is 19.4 Å². The third-order valence-corrected chi connectivity index (χ3v) is 2.53. The van der Waals surface area contributed by atoms with Gasteiger partial charge in [-0.05, 0) is 25.5 Å². The Morgan fingerprint density at radius 2 is 2.05 bits per heavy atom. The first-order valence-electron chi connectivity index (χ1n) is 6.31. The first-order chi connectivity index (χ1) is 9.49. The molecule has 0 aliphatic carbocycles. The molecule has 0 aliphatic heterocycles. The van der Waals surface area contributed by atoms with Gasteiger partial charge in [-0.1, -0.05) is 6.92 Å². The van der Waals surface area contributed by atoms with Crippen molar-refractivity contribution in [3.8, 4) is 0 Å². The molecule has 2 aromatic heterocycles. The summed E-state index contributed by atoms with van der Waals surface area (Å²) in [5.74, 6) is -1.04. The Bertz CT molecular complexity index is 604. The summed E-state index contributed by atoms with van der Waals surface area (Å²) in [4.78, 5) is 25.1. The zero-order valence-electron chi connectivity index (χ0n) is 11.8. The van der Waals surface area contributed by atoms with E-state index in [-0.39, 0.29) is 12.4 Å². The SMILES string of the molecule is CCC(=O)O.CCOC(=O)c1cc2nccn2cc1C. The van der Waals surface area contributed by atoms with E-state index in [1.165, 1.54) is 0 Å². The number of ether oxygens (including phenoxy) is 1. The monoisotopic (exact) mass is 278 g/mol. The number of nitrogens with zero attached hydrogens (tertiary/aromatic N) is 2. The molecule has 0 aliphatic rings. The lowest BCUT2D eigenvalue weighted by atomic mass is 10.1. The van der Waals surface area contributed by atoms with Crippen LogP contribution in [-0.4, -0.2) is 33.0 Å². The van der Waals surface area contributed by atoms with Crippen molar-refractivity contribution in [2.24, 2.45) is 0 Å². The zero-order valence-corrected chi connectivity index (χ0v) is 11.8. The molecule has 0 bridgehead atoms. The average molecular weight is 278 g/mol. The van der Waals surface area contributed by atoms with Crippen molar-refractivity contribution in [3.63, 3.8) is 0 Å². The molecule has 0 aromatic carbocycles. The van der Waals surface area contributed by atoms with Gasteiger partial charge in [0.05, 0.1) is 12.2 Å². The van der Waals surface area contributed by atoms with E-state index < -0.39 is 5.97 Å². The lowest BCUT2D eigenvalue weighted by molar-refractivity contribution is -0.136. The summed E-state index contributed by atoms with van der Waals surface area (Å²) in [6, 6.07) is 1.74. The van der Waals surface area contributed by atoms with Crippen molar-refractivity contribution >= 4 is 17.6 Å². The molecule has 108 valence electrons. The molecule has 6 heteroatoms. The number of hydrogen-bond donors (Lipinski definition) is 1. The number of imidazole rings is 1. The van der Waals surface area contributed by atoms with Crippen LogP contribution in [0.3, 0.4) is 0 Å². The maximum Gasteiger partial charge on any atom is 0.338 e. The molecule has 0 radical (unpaired) electrons. The highest BCUT2D eigenvalue weighted by molar-refractivity contribution is 5.92. The number of esters is 1. The lowest BCUT2D eigenvalue weighted by Gasteiger charge is -2.05. The van der Waals surface area contributed by atoms with Crippen molar-refractivity contribution in [1.29, 1.82) is 0 Å². The molecule has 0 amide bonds. The fourth-order valence-electron chi connectivity index (χ4n) is 1.50.